The van der Waals surface area contributed by atoms with E-state index in [1.165, 1.54) is 24.5 Å². The molecule has 2 aromatic carbocycles. The van der Waals surface area contributed by atoms with Crippen molar-refractivity contribution in [2.75, 3.05) is 11.9 Å². The van der Waals surface area contributed by atoms with Crippen LogP contribution in [-0.2, 0) is 20.5 Å². The minimum atomic E-state index is -4.77. The van der Waals surface area contributed by atoms with E-state index in [1.807, 2.05) is 5.32 Å². The Labute approximate surface area is 190 Å². The Bertz CT molecular complexity index is 1130. The average molecular weight is 481 g/mol. The van der Waals surface area contributed by atoms with Crippen LogP contribution >= 0.6 is 11.6 Å². The van der Waals surface area contributed by atoms with Gasteiger partial charge in [-0.2, -0.15) is 13.2 Å². The zero-order valence-corrected chi connectivity index (χ0v) is 17.4. The van der Waals surface area contributed by atoms with Crippen LogP contribution in [0.25, 0.3) is 0 Å². The second kappa shape index (κ2) is 10.2. The van der Waals surface area contributed by atoms with E-state index < -0.39 is 47.9 Å². The summed E-state index contributed by atoms with van der Waals surface area (Å²) >= 11 is 5.61. The number of amides is 2. The van der Waals surface area contributed by atoms with Gasteiger partial charge in [0.05, 0.1) is 17.5 Å². The number of alkyl halides is 3. The van der Waals surface area contributed by atoms with Crippen LogP contribution in [0.4, 0.5) is 18.9 Å². The third-order valence-corrected chi connectivity index (χ3v) is 4.53. The Kier molecular flexibility index (Phi) is 7.39. The lowest BCUT2D eigenvalue weighted by Gasteiger charge is -2.18. The van der Waals surface area contributed by atoms with Gasteiger partial charge in [-0.3, -0.25) is 9.59 Å². The molecule has 2 amide bonds. The van der Waals surface area contributed by atoms with E-state index in [-0.39, 0.29) is 10.8 Å². The first-order valence-electron chi connectivity index (χ1n) is 9.37. The van der Waals surface area contributed by atoms with Gasteiger partial charge in [0, 0.05) is 5.02 Å². The number of benzene rings is 2. The molecule has 0 saturated heterocycles. The maximum atomic E-state index is 13.2. The molecule has 0 spiro atoms. The van der Waals surface area contributed by atoms with Gasteiger partial charge < -0.3 is 19.8 Å². The number of furan rings is 1. The maximum Gasteiger partial charge on any atom is 0.418 e. The first-order valence-corrected chi connectivity index (χ1v) is 9.75. The van der Waals surface area contributed by atoms with Gasteiger partial charge in [-0.15, -0.1) is 0 Å². The SMILES string of the molecule is O=C(COC(=O)C(NC(=O)c1ccco1)c1ccccc1)Nc1ccc(Cl)cc1C(F)(F)F. The molecule has 0 aliphatic heterocycles. The molecule has 0 fully saturated rings. The molecule has 11 heteroatoms. The molecule has 3 rings (SSSR count). The van der Waals surface area contributed by atoms with Crippen LogP contribution < -0.4 is 10.6 Å². The lowest BCUT2D eigenvalue weighted by molar-refractivity contribution is -0.149. The number of carbonyl (C=O) groups is 3. The normalized spacial score (nSPS) is 12.0. The first-order chi connectivity index (χ1) is 15.6. The fourth-order valence-electron chi connectivity index (χ4n) is 2.80. The number of hydrogen-bond donors (Lipinski definition) is 2. The number of anilines is 1. The van der Waals surface area contributed by atoms with E-state index in [1.54, 1.807) is 30.3 Å². The quantitative estimate of drug-likeness (QED) is 0.481. The molecule has 0 saturated carbocycles. The van der Waals surface area contributed by atoms with Crippen molar-refractivity contribution < 1.29 is 36.7 Å². The van der Waals surface area contributed by atoms with Gasteiger partial charge in [0.1, 0.15) is 0 Å². The molecule has 0 aliphatic rings. The van der Waals surface area contributed by atoms with Crippen LogP contribution in [0.5, 0.6) is 0 Å². The van der Waals surface area contributed by atoms with Crippen LogP contribution in [0.15, 0.2) is 71.3 Å². The van der Waals surface area contributed by atoms with Crippen LogP contribution in [0, 0.1) is 0 Å². The van der Waals surface area contributed by atoms with Crippen LogP contribution in [0.1, 0.15) is 27.7 Å². The van der Waals surface area contributed by atoms with Crippen molar-refractivity contribution in [1.29, 1.82) is 0 Å². The number of rotatable bonds is 7. The highest BCUT2D eigenvalue weighted by Crippen LogP contribution is 2.36. The summed E-state index contributed by atoms with van der Waals surface area (Å²) in [5.41, 5.74) is -1.33. The standard InChI is InChI=1S/C22H16ClF3N2O5/c23-14-8-9-16(15(11-14)22(24,25)26)27-18(29)12-33-21(31)19(13-5-2-1-3-6-13)28-20(30)17-7-4-10-32-17/h1-11,19H,12H2,(H,27,29)(H,28,30). The fourth-order valence-corrected chi connectivity index (χ4v) is 2.97. The molecule has 172 valence electrons. The minimum Gasteiger partial charge on any atom is -0.459 e. The summed E-state index contributed by atoms with van der Waals surface area (Å²) in [6.07, 6.45) is -3.49. The Hall–Kier alpha value is -3.79. The van der Waals surface area contributed by atoms with Crippen LogP contribution in [0.3, 0.4) is 0 Å². The topological polar surface area (TPSA) is 97.6 Å². The molecule has 3 aromatic rings. The van der Waals surface area contributed by atoms with Gasteiger partial charge in [-0.1, -0.05) is 41.9 Å². The summed E-state index contributed by atoms with van der Waals surface area (Å²) in [5.74, 6) is -2.76. The zero-order chi connectivity index (χ0) is 24.0. The molecule has 0 radical (unpaired) electrons. The van der Waals surface area contributed by atoms with E-state index in [4.69, 9.17) is 20.8 Å². The fraction of sp³-hybridized carbons (Fsp3) is 0.136. The molecule has 2 N–H and O–H groups in total. The predicted molar refractivity (Wildman–Crippen MR) is 111 cm³/mol. The zero-order valence-electron chi connectivity index (χ0n) is 16.7. The highest BCUT2D eigenvalue weighted by atomic mass is 35.5. The lowest BCUT2D eigenvalue weighted by atomic mass is 10.1. The van der Waals surface area contributed by atoms with E-state index in [0.29, 0.717) is 11.6 Å². The van der Waals surface area contributed by atoms with Gasteiger partial charge in [-0.05, 0) is 35.9 Å². The number of ether oxygens (including phenoxy) is 1. The van der Waals surface area contributed by atoms with Crippen LogP contribution in [-0.4, -0.2) is 24.4 Å². The third-order valence-electron chi connectivity index (χ3n) is 4.30. The van der Waals surface area contributed by atoms with Gasteiger partial charge in [0.15, 0.2) is 18.4 Å². The van der Waals surface area contributed by atoms with Gasteiger partial charge in [0.25, 0.3) is 11.8 Å². The molecular weight excluding hydrogens is 465 g/mol. The molecule has 1 unspecified atom stereocenters. The molecule has 33 heavy (non-hydrogen) atoms. The highest BCUT2D eigenvalue weighted by Gasteiger charge is 2.34. The second-order valence-corrected chi connectivity index (χ2v) is 7.07. The summed E-state index contributed by atoms with van der Waals surface area (Å²) in [4.78, 5) is 37.1. The van der Waals surface area contributed by atoms with Gasteiger partial charge in [0.2, 0.25) is 0 Å². The second-order valence-electron chi connectivity index (χ2n) is 6.64. The summed E-state index contributed by atoms with van der Waals surface area (Å²) in [5, 5.41) is 4.32. The van der Waals surface area contributed by atoms with E-state index in [9.17, 15) is 27.6 Å². The van der Waals surface area contributed by atoms with Crippen molar-refractivity contribution in [3.05, 3.63) is 88.8 Å². The van der Waals surface area contributed by atoms with Crippen molar-refractivity contribution in [3.8, 4) is 0 Å². The smallest absolute Gasteiger partial charge is 0.418 e. The Morgan fingerprint density at radius 1 is 1.03 bits per heavy atom. The number of hydrogen-bond acceptors (Lipinski definition) is 5. The number of nitrogens with one attached hydrogen (secondary N) is 2. The maximum absolute atomic E-state index is 13.2. The summed E-state index contributed by atoms with van der Waals surface area (Å²) < 4.78 is 49.5. The molecular formula is C22H16ClF3N2O5. The number of esters is 1. The van der Waals surface area contributed by atoms with Crippen molar-refractivity contribution in [2.45, 2.75) is 12.2 Å². The summed E-state index contributed by atoms with van der Waals surface area (Å²) in [7, 11) is 0. The average Bonchev–Trinajstić information content (AvgIpc) is 3.32. The molecule has 0 bridgehead atoms. The Morgan fingerprint density at radius 2 is 1.76 bits per heavy atom. The van der Waals surface area contributed by atoms with Gasteiger partial charge in [-0.25, -0.2) is 4.79 Å². The molecule has 7 nitrogen and oxygen atoms in total. The highest BCUT2D eigenvalue weighted by molar-refractivity contribution is 6.30. The number of halogens is 4. The molecule has 1 aromatic heterocycles. The summed E-state index contributed by atoms with van der Waals surface area (Å²) in [6, 6.07) is 12.5. The lowest BCUT2D eigenvalue weighted by Crippen LogP contribution is -2.36. The van der Waals surface area contributed by atoms with Gasteiger partial charge >= 0.3 is 12.1 Å². The number of carbonyl (C=O) groups excluding carboxylic acids is 3. The molecule has 1 heterocycles. The van der Waals surface area contributed by atoms with E-state index >= 15 is 0 Å². The monoisotopic (exact) mass is 480 g/mol. The third kappa shape index (κ3) is 6.36. The van der Waals surface area contributed by atoms with E-state index in [2.05, 4.69) is 5.32 Å². The van der Waals surface area contributed by atoms with E-state index in [0.717, 1.165) is 6.07 Å². The largest absolute Gasteiger partial charge is 0.459 e. The van der Waals surface area contributed by atoms with Crippen molar-refractivity contribution in [3.63, 3.8) is 0 Å². The molecule has 1 atom stereocenters. The predicted octanol–water partition coefficient (Wildman–Crippen LogP) is 4.60. The van der Waals surface area contributed by atoms with Crippen molar-refractivity contribution in [1.82, 2.24) is 5.32 Å². The molecule has 0 aliphatic carbocycles. The Morgan fingerprint density at radius 3 is 2.39 bits per heavy atom. The van der Waals surface area contributed by atoms with Crippen molar-refractivity contribution in [2.24, 2.45) is 0 Å². The van der Waals surface area contributed by atoms with Crippen molar-refractivity contribution >= 4 is 35.1 Å². The summed E-state index contributed by atoms with van der Waals surface area (Å²) in [6.45, 7) is -0.890. The Balaban J connectivity index is 1.69. The van der Waals surface area contributed by atoms with Crippen LogP contribution in [0.2, 0.25) is 5.02 Å². The first kappa shape index (κ1) is 23.9. The minimum absolute atomic E-state index is 0.0520.